The Kier molecular flexibility index (Phi) is 7.00. The van der Waals surface area contributed by atoms with E-state index in [9.17, 15) is 4.79 Å². The van der Waals surface area contributed by atoms with Crippen molar-refractivity contribution >= 4 is 16.3 Å². The predicted molar refractivity (Wildman–Crippen MR) is 83.6 cm³/mol. The summed E-state index contributed by atoms with van der Waals surface area (Å²) in [4.78, 5) is 12.8. The van der Waals surface area contributed by atoms with E-state index in [2.05, 4.69) is 26.0 Å². The number of hydrogen-bond donors (Lipinski definition) is 0. The Balaban J connectivity index is 3.04. The number of benzene rings is 1. The monoisotopic (exact) mass is 282 g/mol. The largest absolute Gasteiger partial charge is 0.411 e. The highest BCUT2D eigenvalue weighted by atomic mass is 32.3. The fourth-order valence-electron chi connectivity index (χ4n) is 2.12. The van der Waals surface area contributed by atoms with Gasteiger partial charge >= 0.3 is 5.97 Å². The quantitative estimate of drug-likeness (QED) is 0.676. The van der Waals surface area contributed by atoms with Crippen molar-refractivity contribution in [2.75, 3.05) is 11.5 Å². The first kappa shape index (κ1) is 16.1. The summed E-state index contributed by atoms with van der Waals surface area (Å²) < 4.78 is 5.87. The van der Waals surface area contributed by atoms with E-state index in [-0.39, 0.29) is 5.97 Å². The van der Waals surface area contributed by atoms with Crippen molar-refractivity contribution in [1.82, 2.24) is 0 Å². The zero-order valence-electron chi connectivity index (χ0n) is 12.4. The molecule has 0 bridgehead atoms. The van der Waals surface area contributed by atoms with Gasteiger partial charge in [-0.3, -0.25) is 4.79 Å². The smallest absolute Gasteiger partial charge is 0.313 e. The molecule has 0 fully saturated rings. The molecule has 0 saturated carbocycles. The Morgan fingerprint density at radius 2 is 1.58 bits per heavy atom. The summed E-state index contributed by atoms with van der Waals surface area (Å²) in [5, 5.41) is 0. The molecule has 0 saturated heterocycles. The second kappa shape index (κ2) is 8.26. The van der Waals surface area contributed by atoms with Gasteiger partial charge in [-0.25, -0.2) is 0 Å². The SMILES string of the molecule is CCCCS(CCCC)(OC(C)=O)c1ccccc1. The van der Waals surface area contributed by atoms with Gasteiger partial charge in [0.25, 0.3) is 0 Å². The van der Waals surface area contributed by atoms with Crippen molar-refractivity contribution in [3.63, 3.8) is 0 Å². The molecule has 2 nitrogen and oxygen atoms in total. The standard InChI is InChI=1S/C16H26O2S/c1-4-6-13-19(14-7-5-2,18-15(3)17)16-11-9-8-10-12-16/h8-12H,4-7,13-14H2,1-3H3. The number of carbonyl (C=O) groups is 1. The van der Waals surface area contributed by atoms with Crippen molar-refractivity contribution in [3.05, 3.63) is 30.3 Å². The molecular weight excluding hydrogens is 256 g/mol. The molecule has 0 aromatic heterocycles. The summed E-state index contributed by atoms with van der Waals surface area (Å²) in [7, 11) is -1.45. The molecule has 0 N–H and O–H groups in total. The topological polar surface area (TPSA) is 26.3 Å². The van der Waals surface area contributed by atoms with E-state index < -0.39 is 10.3 Å². The minimum absolute atomic E-state index is 0.147. The molecule has 0 spiro atoms. The average Bonchev–Trinajstić information content (AvgIpc) is 2.42. The van der Waals surface area contributed by atoms with Crippen LogP contribution in [-0.2, 0) is 8.98 Å². The van der Waals surface area contributed by atoms with Gasteiger partial charge in [-0.15, -0.1) is 0 Å². The van der Waals surface area contributed by atoms with Crippen LogP contribution < -0.4 is 0 Å². The maximum atomic E-state index is 11.6. The molecule has 1 aromatic rings. The van der Waals surface area contributed by atoms with Crippen LogP contribution in [0, 0.1) is 0 Å². The van der Waals surface area contributed by atoms with Gasteiger partial charge in [0.05, 0.1) is 0 Å². The zero-order chi connectivity index (χ0) is 14.1. The Morgan fingerprint density at radius 1 is 1.05 bits per heavy atom. The van der Waals surface area contributed by atoms with Crippen LogP contribution >= 0.6 is 10.3 Å². The van der Waals surface area contributed by atoms with E-state index in [1.807, 2.05) is 18.2 Å². The fourth-order valence-corrected chi connectivity index (χ4v) is 5.67. The Labute approximate surface area is 119 Å². The lowest BCUT2D eigenvalue weighted by Gasteiger charge is -2.39. The molecule has 0 atom stereocenters. The lowest BCUT2D eigenvalue weighted by Crippen LogP contribution is -2.16. The minimum atomic E-state index is -1.45. The number of rotatable bonds is 8. The van der Waals surface area contributed by atoms with Crippen molar-refractivity contribution in [2.24, 2.45) is 0 Å². The van der Waals surface area contributed by atoms with Gasteiger partial charge in [0.1, 0.15) is 0 Å². The first-order valence-electron chi connectivity index (χ1n) is 7.18. The third-order valence-electron chi connectivity index (χ3n) is 3.10. The van der Waals surface area contributed by atoms with E-state index >= 15 is 0 Å². The highest BCUT2D eigenvalue weighted by Crippen LogP contribution is 2.58. The van der Waals surface area contributed by atoms with Crippen LogP contribution in [0.4, 0.5) is 0 Å². The van der Waals surface area contributed by atoms with Crippen LogP contribution in [0.2, 0.25) is 0 Å². The van der Waals surface area contributed by atoms with E-state index in [0.717, 1.165) is 37.2 Å². The second-order valence-electron chi connectivity index (χ2n) is 4.82. The molecule has 0 unspecified atom stereocenters. The lowest BCUT2D eigenvalue weighted by molar-refractivity contribution is -0.131. The van der Waals surface area contributed by atoms with E-state index in [1.54, 1.807) is 0 Å². The first-order chi connectivity index (χ1) is 9.14. The maximum Gasteiger partial charge on any atom is 0.313 e. The van der Waals surface area contributed by atoms with Gasteiger partial charge in [-0.1, -0.05) is 55.2 Å². The molecule has 0 radical (unpaired) electrons. The van der Waals surface area contributed by atoms with Crippen LogP contribution in [0.1, 0.15) is 46.5 Å². The van der Waals surface area contributed by atoms with Crippen LogP contribution in [0.15, 0.2) is 35.2 Å². The van der Waals surface area contributed by atoms with Crippen LogP contribution in [-0.4, -0.2) is 17.5 Å². The first-order valence-corrected chi connectivity index (χ1v) is 9.08. The summed E-state index contributed by atoms with van der Waals surface area (Å²) in [6, 6.07) is 10.3. The zero-order valence-corrected chi connectivity index (χ0v) is 13.2. The Morgan fingerprint density at radius 3 is 2.00 bits per heavy atom. The van der Waals surface area contributed by atoms with Gasteiger partial charge < -0.3 is 4.18 Å². The van der Waals surface area contributed by atoms with Gasteiger partial charge in [-0.2, -0.15) is 0 Å². The number of unbranched alkanes of at least 4 members (excludes halogenated alkanes) is 2. The highest BCUT2D eigenvalue weighted by Gasteiger charge is 2.28. The van der Waals surface area contributed by atoms with Crippen molar-refractivity contribution < 1.29 is 8.98 Å². The van der Waals surface area contributed by atoms with Gasteiger partial charge in [0.15, 0.2) is 0 Å². The highest BCUT2D eigenvalue weighted by molar-refractivity contribution is 8.30. The summed E-state index contributed by atoms with van der Waals surface area (Å²) in [6.07, 6.45) is 4.49. The summed E-state index contributed by atoms with van der Waals surface area (Å²) in [6.45, 7) is 5.90. The van der Waals surface area contributed by atoms with Crippen LogP contribution in [0.25, 0.3) is 0 Å². The average molecular weight is 282 g/mol. The second-order valence-corrected chi connectivity index (χ2v) is 7.89. The van der Waals surface area contributed by atoms with Crippen molar-refractivity contribution in [1.29, 1.82) is 0 Å². The van der Waals surface area contributed by atoms with Gasteiger partial charge in [0.2, 0.25) is 0 Å². The summed E-state index contributed by atoms with van der Waals surface area (Å²) in [5.41, 5.74) is 0. The molecule has 1 aromatic carbocycles. The van der Waals surface area contributed by atoms with Gasteiger partial charge in [0, 0.05) is 23.3 Å². The molecule has 108 valence electrons. The Bertz CT molecular complexity index is 368. The fraction of sp³-hybridized carbons (Fsp3) is 0.562. The summed E-state index contributed by atoms with van der Waals surface area (Å²) in [5.74, 6) is 1.84. The number of carbonyl (C=O) groups excluding carboxylic acids is 1. The third-order valence-corrected chi connectivity index (χ3v) is 6.69. The lowest BCUT2D eigenvalue weighted by atomic mass is 10.4. The molecule has 0 heterocycles. The molecular formula is C16H26O2S. The van der Waals surface area contributed by atoms with E-state index in [0.29, 0.717) is 0 Å². The van der Waals surface area contributed by atoms with E-state index in [4.69, 9.17) is 4.18 Å². The third kappa shape index (κ3) is 4.90. The molecule has 3 heteroatoms. The number of hydrogen-bond acceptors (Lipinski definition) is 2. The van der Waals surface area contributed by atoms with Crippen molar-refractivity contribution in [2.45, 2.75) is 51.3 Å². The van der Waals surface area contributed by atoms with Crippen LogP contribution in [0.3, 0.4) is 0 Å². The predicted octanol–water partition coefficient (Wildman–Crippen LogP) is 4.93. The molecule has 0 amide bonds. The molecule has 1 rings (SSSR count). The molecule has 0 aliphatic rings. The Hall–Kier alpha value is -0.960. The molecule has 0 aliphatic carbocycles. The summed E-state index contributed by atoms with van der Waals surface area (Å²) >= 11 is 0. The van der Waals surface area contributed by atoms with Crippen LogP contribution in [0.5, 0.6) is 0 Å². The minimum Gasteiger partial charge on any atom is -0.411 e. The molecule has 19 heavy (non-hydrogen) atoms. The van der Waals surface area contributed by atoms with E-state index in [1.165, 1.54) is 11.8 Å². The maximum absolute atomic E-state index is 11.6. The van der Waals surface area contributed by atoms with Gasteiger partial charge in [-0.05, 0) is 25.0 Å². The normalized spacial score (nSPS) is 12.2. The van der Waals surface area contributed by atoms with Crippen molar-refractivity contribution in [3.8, 4) is 0 Å². The molecule has 0 aliphatic heterocycles.